The second kappa shape index (κ2) is 6.19. The van der Waals surface area contributed by atoms with E-state index in [9.17, 15) is 0 Å². The lowest BCUT2D eigenvalue weighted by molar-refractivity contribution is 0.477. The Hall–Kier alpha value is -2.78. The Bertz CT molecular complexity index is 1070. The number of hydrogen-bond acceptors (Lipinski definition) is 2. The summed E-state index contributed by atoms with van der Waals surface area (Å²) in [5.74, 6) is 0.913. The van der Waals surface area contributed by atoms with Gasteiger partial charge in [0.05, 0.1) is 23.1 Å². The van der Waals surface area contributed by atoms with Gasteiger partial charge in [0.15, 0.2) is 0 Å². The Kier molecular flexibility index (Phi) is 3.68. The second-order valence-electron chi connectivity index (χ2n) is 6.71. The number of anilines is 1. The molecule has 4 aromatic rings. The predicted octanol–water partition coefficient (Wildman–Crippen LogP) is 5.84. The molecule has 2 atom stereocenters. The molecule has 0 saturated carbocycles. The van der Waals surface area contributed by atoms with Crippen LogP contribution in [-0.4, -0.2) is 9.55 Å². The van der Waals surface area contributed by atoms with Crippen molar-refractivity contribution in [3.05, 3.63) is 95.0 Å². The molecule has 0 saturated heterocycles. The number of nitrogens with one attached hydrogen (secondary N) is 1. The van der Waals surface area contributed by atoms with Crippen molar-refractivity contribution < 1.29 is 0 Å². The van der Waals surface area contributed by atoms with Crippen LogP contribution in [0.15, 0.2) is 78.9 Å². The highest BCUT2D eigenvalue weighted by Gasteiger charge is 2.30. The fourth-order valence-corrected chi connectivity index (χ4v) is 4.11. The number of fused-ring (bicyclic) bond motifs is 3. The molecule has 1 aliphatic rings. The van der Waals surface area contributed by atoms with E-state index in [2.05, 4.69) is 70.5 Å². The molecule has 128 valence electrons. The first kappa shape index (κ1) is 15.5. The van der Waals surface area contributed by atoms with Gasteiger partial charge in [-0.1, -0.05) is 66.2 Å². The van der Waals surface area contributed by atoms with Crippen molar-refractivity contribution in [2.75, 3.05) is 5.32 Å². The minimum atomic E-state index is 0.183. The summed E-state index contributed by atoms with van der Waals surface area (Å²) in [4.78, 5) is 4.85. The van der Waals surface area contributed by atoms with Crippen molar-refractivity contribution in [2.45, 2.75) is 18.5 Å². The minimum absolute atomic E-state index is 0.183. The van der Waals surface area contributed by atoms with Gasteiger partial charge in [0.25, 0.3) is 0 Å². The zero-order valence-corrected chi connectivity index (χ0v) is 14.9. The lowest BCUT2D eigenvalue weighted by atomic mass is 9.93. The molecular formula is C22H18ClN3. The number of hydrogen-bond donors (Lipinski definition) is 1. The quantitative estimate of drug-likeness (QED) is 0.487. The van der Waals surface area contributed by atoms with Gasteiger partial charge in [-0.25, -0.2) is 4.98 Å². The summed E-state index contributed by atoms with van der Waals surface area (Å²) in [6.07, 6.45) is 0.942. The first-order valence-corrected chi connectivity index (χ1v) is 9.21. The van der Waals surface area contributed by atoms with Crippen LogP contribution < -0.4 is 5.32 Å². The smallest absolute Gasteiger partial charge is 0.204 e. The molecule has 0 unspecified atom stereocenters. The monoisotopic (exact) mass is 359 g/mol. The Balaban J connectivity index is 1.69. The highest BCUT2D eigenvalue weighted by Crippen LogP contribution is 2.41. The third-order valence-corrected chi connectivity index (χ3v) is 5.34. The summed E-state index contributed by atoms with van der Waals surface area (Å²) in [5, 5.41) is 4.40. The second-order valence-corrected chi connectivity index (χ2v) is 7.14. The molecule has 0 spiro atoms. The van der Waals surface area contributed by atoms with Crippen LogP contribution in [0.25, 0.3) is 11.0 Å². The number of halogens is 1. The van der Waals surface area contributed by atoms with Crippen molar-refractivity contribution in [1.29, 1.82) is 0 Å². The Labute approximate surface area is 157 Å². The van der Waals surface area contributed by atoms with E-state index in [1.807, 2.05) is 18.2 Å². The SMILES string of the molecule is Clc1cccc([C@H]2C[C@@H](c3ccccc3)Nc3nc4ccccc4n32)c1. The van der Waals surface area contributed by atoms with Crippen LogP contribution in [0.2, 0.25) is 5.02 Å². The van der Waals surface area contributed by atoms with E-state index in [1.165, 1.54) is 11.1 Å². The lowest BCUT2D eigenvalue weighted by Crippen LogP contribution is -2.27. The van der Waals surface area contributed by atoms with Crippen LogP contribution in [-0.2, 0) is 0 Å². The summed E-state index contributed by atoms with van der Waals surface area (Å²) < 4.78 is 2.31. The minimum Gasteiger partial charge on any atom is -0.349 e. The topological polar surface area (TPSA) is 29.9 Å². The first-order valence-electron chi connectivity index (χ1n) is 8.83. The average Bonchev–Trinajstić information content (AvgIpc) is 3.06. The maximum absolute atomic E-state index is 6.30. The molecule has 0 aliphatic carbocycles. The molecular weight excluding hydrogens is 342 g/mol. The molecule has 0 bridgehead atoms. The summed E-state index contributed by atoms with van der Waals surface area (Å²) in [7, 11) is 0. The van der Waals surface area contributed by atoms with Gasteiger partial charge in [0.2, 0.25) is 5.95 Å². The Morgan fingerprint density at radius 3 is 2.50 bits per heavy atom. The van der Waals surface area contributed by atoms with E-state index in [1.54, 1.807) is 0 Å². The molecule has 0 fully saturated rings. The number of imidazole rings is 1. The van der Waals surface area contributed by atoms with Crippen LogP contribution in [0, 0.1) is 0 Å². The number of aromatic nitrogens is 2. The van der Waals surface area contributed by atoms with E-state index in [0.717, 1.165) is 28.4 Å². The molecule has 1 N–H and O–H groups in total. The molecule has 1 aliphatic heterocycles. The molecule has 3 nitrogen and oxygen atoms in total. The van der Waals surface area contributed by atoms with Gasteiger partial charge in [-0.2, -0.15) is 0 Å². The van der Waals surface area contributed by atoms with E-state index in [4.69, 9.17) is 16.6 Å². The standard InChI is InChI=1S/C22H18ClN3/c23-17-10-6-9-16(13-17)21-14-19(15-7-2-1-3-8-15)25-22-24-18-11-4-5-12-20(18)26(21)22/h1-13,19,21H,14H2,(H,24,25)/t19-,21+/m0/s1. The van der Waals surface area contributed by atoms with Gasteiger partial charge in [-0.15, -0.1) is 0 Å². The molecule has 3 aromatic carbocycles. The van der Waals surface area contributed by atoms with Crippen molar-refractivity contribution in [3.63, 3.8) is 0 Å². The van der Waals surface area contributed by atoms with E-state index in [-0.39, 0.29) is 12.1 Å². The summed E-state index contributed by atoms with van der Waals surface area (Å²) in [5.41, 5.74) is 4.64. The molecule has 1 aromatic heterocycles. The highest BCUT2D eigenvalue weighted by molar-refractivity contribution is 6.30. The van der Waals surface area contributed by atoms with Crippen molar-refractivity contribution in [1.82, 2.24) is 9.55 Å². The van der Waals surface area contributed by atoms with E-state index >= 15 is 0 Å². The first-order chi connectivity index (χ1) is 12.8. The number of rotatable bonds is 2. The van der Waals surface area contributed by atoms with Crippen LogP contribution in [0.3, 0.4) is 0 Å². The third-order valence-electron chi connectivity index (χ3n) is 5.11. The zero-order chi connectivity index (χ0) is 17.5. The number of benzene rings is 3. The van der Waals surface area contributed by atoms with E-state index < -0.39 is 0 Å². The highest BCUT2D eigenvalue weighted by atomic mass is 35.5. The van der Waals surface area contributed by atoms with Gasteiger partial charge in [-0.05, 0) is 41.8 Å². The zero-order valence-electron chi connectivity index (χ0n) is 14.1. The molecule has 4 heteroatoms. The third kappa shape index (κ3) is 2.56. The van der Waals surface area contributed by atoms with Gasteiger partial charge in [0.1, 0.15) is 0 Å². The van der Waals surface area contributed by atoms with Crippen molar-refractivity contribution in [2.24, 2.45) is 0 Å². The van der Waals surface area contributed by atoms with E-state index in [0.29, 0.717) is 0 Å². The Morgan fingerprint density at radius 2 is 1.65 bits per heavy atom. The fraction of sp³-hybridized carbons (Fsp3) is 0.136. The molecule has 5 rings (SSSR count). The summed E-state index contributed by atoms with van der Waals surface area (Å²) >= 11 is 6.30. The molecule has 2 heterocycles. The summed E-state index contributed by atoms with van der Waals surface area (Å²) in [6, 6.07) is 27.4. The van der Waals surface area contributed by atoms with Crippen LogP contribution in [0.1, 0.15) is 29.6 Å². The maximum atomic E-state index is 6.30. The predicted molar refractivity (Wildman–Crippen MR) is 107 cm³/mol. The van der Waals surface area contributed by atoms with Gasteiger partial charge in [0, 0.05) is 5.02 Å². The van der Waals surface area contributed by atoms with Crippen LogP contribution in [0.5, 0.6) is 0 Å². The fourth-order valence-electron chi connectivity index (χ4n) is 3.91. The van der Waals surface area contributed by atoms with Gasteiger partial charge >= 0.3 is 0 Å². The molecule has 0 radical (unpaired) electrons. The largest absolute Gasteiger partial charge is 0.349 e. The van der Waals surface area contributed by atoms with Gasteiger partial charge in [-0.3, -0.25) is 0 Å². The Morgan fingerprint density at radius 1 is 0.885 bits per heavy atom. The normalized spacial score (nSPS) is 19.1. The van der Waals surface area contributed by atoms with Gasteiger partial charge < -0.3 is 9.88 Å². The summed E-state index contributed by atoms with van der Waals surface area (Å²) in [6.45, 7) is 0. The van der Waals surface area contributed by atoms with Crippen molar-refractivity contribution >= 4 is 28.6 Å². The molecule has 26 heavy (non-hydrogen) atoms. The lowest BCUT2D eigenvalue weighted by Gasteiger charge is -2.33. The molecule has 0 amide bonds. The average molecular weight is 360 g/mol. The maximum Gasteiger partial charge on any atom is 0.204 e. The number of para-hydroxylation sites is 2. The van der Waals surface area contributed by atoms with Crippen molar-refractivity contribution in [3.8, 4) is 0 Å². The number of nitrogens with zero attached hydrogens (tertiary/aromatic N) is 2. The van der Waals surface area contributed by atoms with Crippen LogP contribution in [0.4, 0.5) is 5.95 Å². The van der Waals surface area contributed by atoms with Crippen LogP contribution >= 0.6 is 11.6 Å².